The number of hydrogen-bond donors (Lipinski definition) is 2. The standard InChI is InChI=1S/C12H14O2S/c13-12(14)11(15)7-8-2-1-3-10(6-8)9-4-5-9/h1-3,6,9,11,15H,4-5,7H2,(H,13,14). The molecule has 0 heterocycles. The minimum atomic E-state index is -0.852. The van der Waals surface area contributed by atoms with Gasteiger partial charge in [0, 0.05) is 0 Å². The predicted molar refractivity (Wildman–Crippen MR) is 62.5 cm³/mol. The normalized spacial score (nSPS) is 17.4. The zero-order valence-electron chi connectivity index (χ0n) is 8.39. The van der Waals surface area contributed by atoms with Gasteiger partial charge >= 0.3 is 5.97 Å². The van der Waals surface area contributed by atoms with E-state index < -0.39 is 11.2 Å². The molecule has 1 N–H and O–H groups in total. The van der Waals surface area contributed by atoms with Crippen LogP contribution in [-0.4, -0.2) is 16.3 Å². The van der Waals surface area contributed by atoms with E-state index in [9.17, 15) is 4.79 Å². The highest BCUT2D eigenvalue weighted by Crippen LogP contribution is 2.40. The van der Waals surface area contributed by atoms with Gasteiger partial charge in [-0.15, -0.1) is 0 Å². The van der Waals surface area contributed by atoms with Crippen LogP contribution in [0, 0.1) is 0 Å². The van der Waals surface area contributed by atoms with E-state index in [2.05, 4.69) is 24.8 Å². The molecule has 2 nitrogen and oxygen atoms in total. The molecule has 1 aromatic carbocycles. The second-order valence-corrected chi connectivity index (χ2v) is 4.70. The van der Waals surface area contributed by atoms with Gasteiger partial charge < -0.3 is 5.11 Å². The molecule has 1 saturated carbocycles. The van der Waals surface area contributed by atoms with Crippen molar-refractivity contribution in [1.82, 2.24) is 0 Å². The Bertz CT molecular complexity index is 372. The van der Waals surface area contributed by atoms with Crippen LogP contribution in [0.3, 0.4) is 0 Å². The monoisotopic (exact) mass is 222 g/mol. The predicted octanol–water partition coefficient (Wildman–Crippen LogP) is 2.49. The van der Waals surface area contributed by atoms with Crippen molar-refractivity contribution < 1.29 is 9.90 Å². The van der Waals surface area contributed by atoms with Gasteiger partial charge in [0.25, 0.3) is 0 Å². The molecule has 1 aromatic rings. The van der Waals surface area contributed by atoms with Crippen molar-refractivity contribution in [2.75, 3.05) is 0 Å². The van der Waals surface area contributed by atoms with E-state index >= 15 is 0 Å². The number of hydrogen-bond acceptors (Lipinski definition) is 2. The Labute approximate surface area is 94.7 Å². The number of aliphatic carboxylic acids is 1. The summed E-state index contributed by atoms with van der Waals surface area (Å²) in [6.45, 7) is 0. The smallest absolute Gasteiger partial charge is 0.316 e. The first kappa shape index (κ1) is 10.6. The van der Waals surface area contributed by atoms with Gasteiger partial charge in [-0.25, -0.2) is 0 Å². The van der Waals surface area contributed by atoms with E-state index in [0.717, 1.165) is 5.56 Å². The first-order valence-electron chi connectivity index (χ1n) is 5.16. The number of carbonyl (C=O) groups is 1. The second-order valence-electron chi connectivity index (χ2n) is 4.08. The molecule has 1 aliphatic rings. The van der Waals surface area contributed by atoms with Crippen LogP contribution in [-0.2, 0) is 11.2 Å². The van der Waals surface area contributed by atoms with E-state index in [1.807, 2.05) is 12.1 Å². The molecular formula is C12H14O2S. The lowest BCUT2D eigenvalue weighted by molar-refractivity contribution is -0.136. The fraction of sp³-hybridized carbons (Fsp3) is 0.417. The number of thiol groups is 1. The van der Waals surface area contributed by atoms with Crippen LogP contribution in [0.2, 0.25) is 0 Å². The summed E-state index contributed by atoms with van der Waals surface area (Å²) in [5.41, 5.74) is 2.42. The molecule has 3 heteroatoms. The van der Waals surface area contributed by atoms with Crippen LogP contribution < -0.4 is 0 Å². The van der Waals surface area contributed by atoms with Crippen LogP contribution in [0.25, 0.3) is 0 Å². The second kappa shape index (κ2) is 4.27. The highest BCUT2D eigenvalue weighted by atomic mass is 32.1. The number of carboxylic acids is 1. The van der Waals surface area contributed by atoms with Gasteiger partial charge in [0.2, 0.25) is 0 Å². The fourth-order valence-electron chi connectivity index (χ4n) is 1.70. The van der Waals surface area contributed by atoms with Crippen molar-refractivity contribution in [3.05, 3.63) is 35.4 Å². The Morgan fingerprint density at radius 3 is 2.87 bits per heavy atom. The Hall–Kier alpha value is -0.960. The molecule has 15 heavy (non-hydrogen) atoms. The van der Waals surface area contributed by atoms with E-state index in [-0.39, 0.29) is 0 Å². The van der Waals surface area contributed by atoms with Crippen molar-refractivity contribution in [1.29, 1.82) is 0 Å². The number of rotatable bonds is 4. The van der Waals surface area contributed by atoms with E-state index in [1.54, 1.807) is 0 Å². The van der Waals surface area contributed by atoms with Crippen LogP contribution in [0.5, 0.6) is 0 Å². The lowest BCUT2D eigenvalue weighted by atomic mass is 10.0. The molecule has 0 bridgehead atoms. The highest BCUT2D eigenvalue weighted by Gasteiger charge is 2.23. The molecule has 0 aromatic heterocycles. The number of benzene rings is 1. The third-order valence-electron chi connectivity index (χ3n) is 2.71. The molecule has 1 fully saturated rings. The van der Waals surface area contributed by atoms with E-state index in [4.69, 9.17) is 5.11 Å². The van der Waals surface area contributed by atoms with Gasteiger partial charge in [-0.2, -0.15) is 12.6 Å². The summed E-state index contributed by atoms with van der Waals surface area (Å²) in [6.07, 6.45) is 3.04. The van der Waals surface area contributed by atoms with Crippen LogP contribution >= 0.6 is 12.6 Å². The minimum Gasteiger partial charge on any atom is -0.480 e. The maximum atomic E-state index is 10.7. The van der Waals surface area contributed by atoms with Gasteiger partial charge in [0.15, 0.2) is 0 Å². The average Bonchev–Trinajstić information content (AvgIpc) is 3.01. The summed E-state index contributed by atoms with van der Waals surface area (Å²) < 4.78 is 0. The largest absolute Gasteiger partial charge is 0.480 e. The molecule has 0 amide bonds. The molecule has 0 spiro atoms. The molecule has 1 unspecified atom stereocenters. The van der Waals surface area contributed by atoms with Crippen LogP contribution in [0.4, 0.5) is 0 Å². The van der Waals surface area contributed by atoms with Crippen molar-refractivity contribution >= 4 is 18.6 Å². The van der Waals surface area contributed by atoms with Gasteiger partial charge in [0.1, 0.15) is 5.25 Å². The van der Waals surface area contributed by atoms with Crippen molar-refractivity contribution in [3.8, 4) is 0 Å². The number of carboxylic acid groups (broad SMARTS) is 1. The Morgan fingerprint density at radius 2 is 2.27 bits per heavy atom. The SMILES string of the molecule is O=C(O)C(S)Cc1cccc(C2CC2)c1. The third-order valence-corrected chi connectivity index (χ3v) is 3.12. The fourth-order valence-corrected chi connectivity index (χ4v) is 1.91. The maximum absolute atomic E-state index is 10.7. The highest BCUT2D eigenvalue weighted by molar-refractivity contribution is 7.81. The summed E-state index contributed by atoms with van der Waals surface area (Å²) in [5, 5.41) is 8.16. The zero-order valence-corrected chi connectivity index (χ0v) is 9.28. The summed E-state index contributed by atoms with van der Waals surface area (Å²) in [5.74, 6) is -0.136. The molecule has 1 aliphatic carbocycles. The molecule has 2 rings (SSSR count). The van der Waals surface area contributed by atoms with Crippen molar-refractivity contribution in [2.45, 2.75) is 30.4 Å². The lowest BCUT2D eigenvalue weighted by Gasteiger charge is -2.07. The van der Waals surface area contributed by atoms with Gasteiger partial charge in [-0.05, 0) is 36.3 Å². The Kier molecular flexibility index (Phi) is 3.00. The molecule has 1 atom stereocenters. The topological polar surface area (TPSA) is 37.3 Å². The van der Waals surface area contributed by atoms with Gasteiger partial charge in [0.05, 0.1) is 0 Å². The van der Waals surface area contributed by atoms with Crippen LogP contribution in [0.1, 0.15) is 29.9 Å². The van der Waals surface area contributed by atoms with Crippen molar-refractivity contribution in [2.24, 2.45) is 0 Å². The molecular weight excluding hydrogens is 208 g/mol. The first-order chi connectivity index (χ1) is 7.16. The Balaban J connectivity index is 2.07. The summed E-state index contributed by atoms with van der Waals surface area (Å²) in [4.78, 5) is 10.7. The summed E-state index contributed by atoms with van der Waals surface area (Å²) in [7, 11) is 0. The maximum Gasteiger partial charge on any atom is 0.316 e. The first-order valence-corrected chi connectivity index (χ1v) is 5.68. The third kappa shape index (κ3) is 2.75. The van der Waals surface area contributed by atoms with E-state index in [0.29, 0.717) is 12.3 Å². The van der Waals surface area contributed by atoms with E-state index in [1.165, 1.54) is 18.4 Å². The molecule has 80 valence electrons. The molecule has 0 radical (unpaired) electrons. The average molecular weight is 222 g/mol. The van der Waals surface area contributed by atoms with Crippen LogP contribution in [0.15, 0.2) is 24.3 Å². The zero-order chi connectivity index (χ0) is 10.8. The lowest BCUT2D eigenvalue weighted by Crippen LogP contribution is -2.16. The van der Waals surface area contributed by atoms with Crippen molar-refractivity contribution in [3.63, 3.8) is 0 Å². The molecule has 0 aliphatic heterocycles. The molecule has 0 saturated heterocycles. The van der Waals surface area contributed by atoms with Gasteiger partial charge in [-0.3, -0.25) is 4.79 Å². The summed E-state index contributed by atoms with van der Waals surface area (Å²) in [6, 6.07) is 8.21. The Morgan fingerprint density at radius 1 is 1.53 bits per heavy atom. The summed E-state index contributed by atoms with van der Waals surface area (Å²) >= 11 is 4.04. The minimum absolute atomic E-state index is 0.499. The quantitative estimate of drug-likeness (QED) is 0.768. The van der Waals surface area contributed by atoms with Gasteiger partial charge in [-0.1, -0.05) is 24.3 Å².